The van der Waals surface area contributed by atoms with Crippen LogP contribution in [-0.4, -0.2) is 18.5 Å². The minimum absolute atomic E-state index is 0.581. The van der Waals surface area contributed by atoms with Crippen molar-refractivity contribution < 1.29 is 4.79 Å². The average Bonchev–Trinajstić information content (AvgIpc) is 2.09. The Labute approximate surface area is 78.4 Å². The van der Waals surface area contributed by atoms with Gasteiger partial charge in [-0.3, -0.25) is 0 Å². The van der Waals surface area contributed by atoms with Crippen LogP contribution in [0.3, 0.4) is 0 Å². The van der Waals surface area contributed by atoms with Gasteiger partial charge in [-0.15, -0.1) is 0 Å². The lowest BCUT2D eigenvalue weighted by Gasteiger charge is -2.07. The first-order chi connectivity index (χ1) is 5.72. The van der Waals surface area contributed by atoms with E-state index >= 15 is 0 Å². The SMILES string of the molecule is NC(C=O)/C=C1/N=CC(Br)=CN1. The van der Waals surface area contributed by atoms with Crippen LogP contribution >= 0.6 is 15.9 Å². The zero-order valence-electron chi connectivity index (χ0n) is 6.20. The third-order valence-corrected chi connectivity index (χ3v) is 1.63. The summed E-state index contributed by atoms with van der Waals surface area (Å²) in [6.07, 6.45) is 5.53. The van der Waals surface area contributed by atoms with Crippen molar-refractivity contribution in [3.05, 3.63) is 22.6 Å². The van der Waals surface area contributed by atoms with Crippen molar-refractivity contribution in [1.82, 2.24) is 5.32 Å². The zero-order chi connectivity index (χ0) is 8.97. The number of halogens is 1. The Hall–Kier alpha value is -0.940. The summed E-state index contributed by atoms with van der Waals surface area (Å²) >= 11 is 3.22. The van der Waals surface area contributed by atoms with Crippen LogP contribution in [-0.2, 0) is 4.79 Å². The summed E-state index contributed by atoms with van der Waals surface area (Å²) in [5, 5.41) is 2.85. The predicted octanol–water partition coefficient (Wildman–Crippen LogP) is 0.264. The smallest absolute Gasteiger partial charge is 0.140 e. The van der Waals surface area contributed by atoms with E-state index in [-0.39, 0.29) is 0 Å². The fraction of sp³-hybridized carbons (Fsp3) is 0.143. The van der Waals surface area contributed by atoms with Crippen LogP contribution in [0.5, 0.6) is 0 Å². The van der Waals surface area contributed by atoms with E-state index in [4.69, 9.17) is 5.73 Å². The highest BCUT2D eigenvalue weighted by atomic mass is 79.9. The van der Waals surface area contributed by atoms with Crippen molar-refractivity contribution in [2.75, 3.05) is 0 Å². The number of aldehydes is 1. The first kappa shape index (κ1) is 9.15. The molecule has 0 bridgehead atoms. The number of hydrogen-bond donors (Lipinski definition) is 2. The Balaban J connectivity index is 2.63. The second kappa shape index (κ2) is 4.18. The van der Waals surface area contributed by atoms with E-state index < -0.39 is 6.04 Å². The normalized spacial score (nSPS) is 21.5. The van der Waals surface area contributed by atoms with Crippen molar-refractivity contribution >= 4 is 28.4 Å². The number of aliphatic imine (C=N–C) groups is 1. The summed E-state index contributed by atoms with van der Waals surface area (Å²) in [5.41, 5.74) is 5.35. The number of carbonyl (C=O) groups is 1. The molecule has 0 saturated carbocycles. The highest BCUT2D eigenvalue weighted by Crippen LogP contribution is 2.06. The van der Waals surface area contributed by atoms with E-state index in [0.29, 0.717) is 12.1 Å². The van der Waals surface area contributed by atoms with E-state index in [9.17, 15) is 4.79 Å². The lowest BCUT2D eigenvalue weighted by Crippen LogP contribution is -2.21. The van der Waals surface area contributed by atoms with Crippen molar-refractivity contribution in [1.29, 1.82) is 0 Å². The molecule has 1 aliphatic heterocycles. The summed E-state index contributed by atoms with van der Waals surface area (Å²) in [6, 6.07) is -0.602. The lowest BCUT2D eigenvalue weighted by molar-refractivity contribution is -0.108. The van der Waals surface area contributed by atoms with Gasteiger partial charge < -0.3 is 15.8 Å². The number of hydrogen-bond acceptors (Lipinski definition) is 4. The fourth-order valence-electron chi connectivity index (χ4n) is 0.661. The van der Waals surface area contributed by atoms with Gasteiger partial charge in [-0.2, -0.15) is 0 Å². The first-order valence-corrected chi connectivity index (χ1v) is 4.10. The lowest BCUT2D eigenvalue weighted by atomic mass is 10.3. The van der Waals surface area contributed by atoms with Crippen LogP contribution in [0.2, 0.25) is 0 Å². The molecule has 0 aromatic rings. The molecule has 0 aromatic carbocycles. The topological polar surface area (TPSA) is 67.5 Å². The maximum absolute atomic E-state index is 10.2. The molecule has 12 heavy (non-hydrogen) atoms. The molecule has 0 radical (unpaired) electrons. The van der Waals surface area contributed by atoms with Gasteiger partial charge in [-0.05, 0) is 22.0 Å². The van der Waals surface area contributed by atoms with Gasteiger partial charge in [0, 0.05) is 12.4 Å². The Morgan fingerprint density at radius 3 is 3.00 bits per heavy atom. The molecule has 1 atom stereocenters. The Bertz CT molecular complexity index is 270. The van der Waals surface area contributed by atoms with E-state index in [1.54, 1.807) is 18.5 Å². The Kier molecular flexibility index (Phi) is 3.19. The molecular weight excluding hydrogens is 222 g/mol. The summed E-state index contributed by atoms with van der Waals surface area (Å²) in [6.45, 7) is 0. The molecule has 1 aliphatic rings. The standard InChI is InChI=1S/C7H8BrN3O/c8-5-2-10-7(11-3-5)1-6(9)4-12/h1-4,6,10H,9H2/b7-1+. The Morgan fingerprint density at radius 2 is 2.50 bits per heavy atom. The van der Waals surface area contributed by atoms with Crippen LogP contribution in [0.15, 0.2) is 27.6 Å². The summed E-state index contributed by atoms with van der Waals surface area (Å²) in [4.78, 5) is 14.1. The summed E-state index contributed by atoms with van der Waals surface area (Å²) in [5.74, 6) is 0.581. The molecule has 4 nitrogen and oxygen atoms in total. The van der Waals surface area contributed by atoms with Gasteiger partial charge in [0.15, 0.2) is 0 Å². The van der Waals surface area contributed by atoms with Crippen LogP contribution in [0.4, 0.5) is 0 Å². The third kappa shape index (κ3) is 2.60. The van der Waals surface area contributed by atoms with E-state index in [1.165, 1.54) is 0 Å². The molecule has 1 heterocycles. The molecule has 0 fully saturated rings. The van der Waals surface area contributed by atoms with Crippen molar-refractivity contribution in [2.24, 2.45) is 10.7 Å². The average molecular weight is 230 g/mol. The number of nitrogens with two attached hydrogens (primary N) is 1. The number of nitrogens with one attached hydrogen (secondary N) is 1. The zero-order valence-corrected chi connectivity index (χ0v) is 7.78. The van der Waals surface area contributed by atoms with Crippen molar-refractivity contribution in [2.45, 2.75) is 6.04 Å². The number of rotatable bonds is 2. The van der Waals surface area contributed by atoms with Crippen LogP contribution in [0.25, 0.3) is 0 Å². The molecule has 1 rings (SSSR count). The van der Waals surface area contributed by atoms with E-state index in [0.717, 1.165) is 4.48 Å². The molecule has 5 heteroatoms. The molecule has 0 aromatic heterocycles. The van der Waals surface area contributed by atoms with Gasteiger partial charge in [0.1, 0.15) is 12.1 Å². The van der Waals surface area contributed by atoms with Gasteiger partial charge in [0.05, 0.1) is 10.5 Å². The van der Waals surface area contributed by atoms with Gasteiger partial charge >= 0.3 is 0 Å². The van der Waals surface area contributed by atoms with Gasteiger partial charge in [-0.25, -0.2) is 4.99 Å². The highest BCUT2D eigenvalue weighted by Gasteiger charge is 2.01. The van der Waals surface area contributed by atoms with Crippen molar-refractivity contribution in [3.8, 4) is 0 Å². The molecule has 0 aliphatic carbocycles. The molecule has 0 saturated heterocycles. The van der Waals surface area contributed by atoms with Gasteiger partial charge in [0.25, 0.3) is 0 Å². The summed E-state index contributed by atoms with van der Waals surface area (Å²) < 4.78 is 0.847. The Morgan fingerprint density at radius 1 is 1.75 bits per heavy atom. The number of allylic oxidation sites excluding steroid dienone is 1. The molecule has 0 spiro atoms. The van der Waals surface area contributed by atoms with Crippen molar-refractivity contribution in [3.63, 3.8) is 0 Å². The minimum atomic E-state index is -0.602. The summed E-state index contributed by atoms with van der Waals surface area (Å²) in [7, 11) is 0. The van der Waals surface area contributed by atoms with Gasteiger partial charge in [-0.1, -0.05) is 0 Å². The first-order valence-electron chi connectivity index (χ1n) is 3.31. The number of carbonyl (C=O) groups excluding carboxylic acids is 1. The highest BCUT2D eigenvalue weighted by molar-refractivity contribution is 9.12. The minimum Gasteiger partial charge on any atom is -0.346 e. The van der Waals surface area contributed by atoms with Crippen LogP contribution in [0.1, 0.15) is 0 Å². The molecule has 1 unspecified atom stereocenters. The second-order valence-electron chi connectivity index (χ2n) is 2.20. The van der Waals surface area contributed by atoms with Crippen LogP contribution in [0, 0.1) is 0 Å². The maximum atomic E-state index is 10.2. The molecule has 3 N–H and O–H groups in total. The molecular formula is C7H8BrN3O. The largest absolute Gasteiger partial charge is 0.346 e. The molecule has 64 valence electrons. The number of nitrogens with zero attached hydrogens (tertiary/aromatic N) is 1. The molecule has 0 amide bonds. The van der Waals surface area contributed by atoms with E-state index in [2.05, 4.69) is 26.2 Å². The predicted molar refractivity (Wildman–Crippen MR) is 50.8 cm³/mol. The fourth-order valence-corrected chi connectivity index (χ4v) is 0.878. The van der Waals surface area contributed by atoms with Crippen LogP contribution < -0.4 is 11.1 Å². The third-order valence-electron chi connectivity index (χ3n) is 1.19. The monoisotopic (exact) mass is 229 g/mol. The van der Waals surface area contributed by atoms with E-state index in [1.807, 2.05) is 0 Å². The van der Waals surface area contributed by atoms with Gasteiger partial charge in [0.2, 0.25) is 0 Å². The second-order valence-corrected chi connectivity index (χ2v) is 3.11. The maximum Gasteiger partial charge on any atom is 0.140 e. The quantitative estimate of drug-likeness (QED) is 0.669.